The number of fused-ring (bicyclic) bond motifs is 1. The number of ether oxygens (including phenoxy) is 2. The highest BCUT2D eigenvalue weighted by Gasteiger charge is 2.26. The summed E-state index contributed by atoms with van der Waals surface area (Å²) in [5.41, 5.74) is 2.65. The third-order valence-corrected chi connectivity index (χ3v) is 3.35. The number of nitrogens with zero attached hydrogens (tertiary/aromatic N) is 2. The quantitative estimate of drug-likeness (QED) is 0.918. The normalized spacial score (nSPS) is 13.2. The molecule has 2 aromatic rings. The SMILES string of the molecule is COc1ccc(Cn2nc(C(=O)O)c3c2COC3)cc1. The van der Waals surface area contributed by atoms with Crippen LogP contribution in [0.4, 0.5) is 0 Å². The van der Waals surface area contributed by atoms with Gasteiger partial charge in [-0.25, -0.2) is 4.79 Å². The maximum absolute atomic E-state index is 11.2. The Kier molecular flexibility index (Phi) is 3.15. The van der Waals surface area contributed by atoms with E-state index in [0.29, 0.717) is 25.3 Å². The second-order valence-corrected chi connectivity index (χ2v) is 4.58. The monoisotopic (exact) mass is 274 g/mol. The average Bonchev–Trinajstić information content (AvgIpc) is 3.03. The Labute approximate surface area is 115 Å². The highest BCUT2D eigenvalue weighted by Crippen LogP contribution is 2.24. The van der Waals surface area contributed by atoms with Gasteiger partial charge in [0.1, 0.15) is 5.75 Å². The molecule has 1 N–H and O–H groups in total. The van der Waals surface area contributed by atoms with Crippen LogP contribution >= 0.6 is 0 Å². The number of hydrogen-bond acceptors (Lipinski definition) is 4. The van der Waals surface area contributed by atoms with Crippen LogP contribution in [0.2, 0.25) is 0 Å². The van der Waals surface area contributed by atoms with E-state index in [1.54, 1.807) is 11.8 Å². The molecule has 6 heteroatoms. The van der Waals surface area contributed by atoms with E-state index in [0.717, 1.165) is 17.0 Å². The van der Waals surface area contributed by atoms with Crippen molar-refractivity contribution in [3.05, 3.63) is 46.8 Å². The average molecular weight is 274 g/mol. The van der Waals surface area contributed by atoms with E-state index < -0.39 is 5.97 Å². The van der Waals surface area contributed by atoms with Gasteiger partial charge in [-0.15, -0.1) is 0 Å². The van der Waals surface area contributed by atoms with Gasteiger partial charge in [0.2, 0.25) is 0 Å². The van der Waals surface area contributed by atoms with Crippen LogP contribution in [0.5, 0.6) is 5.75 Å². The molecule has 0 saturated heterocycles. The zero-order valence-electron chi connectivity index (χ0n) is 11.0. The first-order chi connectivity index (χ1) is 9.69. The maximum atomic E-state index is 11.2. The molecule has 0 atom stereocenters. The fourth-order valence-corrected chi connectivity index (χ4v) is 2.30. The number of methoxy groups -OCH3 is 1. The summed E-state index contributed by atoms with van der Waals surface area (Å²) in [6, 6.07) is 7.60. The van der Waals surface area contributed by atoms with Crippen molar-refractivity contribution in [2.45, 2.75) is 19.8 Å². The second-order valence-electron chi connectivity index (χ2n) is 4.58. The van der Waals surface area contributed by atoms with Crippen LogP contribution in [-0.2, 0) is 24.5 Å². The van der Waals surface area contributed by atoms with Crippen molar-refractivity contribution in [3.63, 3.8) is 0 Å². The van der Waals surface area contributed by atoms with Crippen molar-refractivity contribution in [3.8, 4) is 5.75 Å². The minimum atomic E-state index is -1.01. The molecule has 104 valence electrons. The molecule has 0 radical (unpaired) electrons. The Bertz CT molecular complexity index is 646. The van der Waals surface area contributed by atoms with E-state index in [1.807, 2.05) is 24.3 Å². The number of carbonyl (C=O) groups is 1. The summed E-state index contributed by atoms with van der Waals surface area (Å²) in [6.07, 6.45) is 0. The number of benzene rings is 1. The van der Waals surface area contributed by atoms with E-state index in [-0.39, 0.29) is 5.69 Å². The largest absolute Gasteiger partial charge is 0.497 e. The zero-order chi connectivity index (χ0) is 14.1. The Morgan fingerprint density at radius 2 is 2.15 bits per heavy atom. The van der Waals surface area contributed by atoms with Crippen molar-refractivity contribution in [1.82, 2.24) is 9.78 Å². The lowest BCUT2D eigenvalue weighted by Crippen LogP contribution is -2.08. The summed E-state index contributed by atoms with van der Waals surface area (Å²) in [4.78, 5) is 11.2. The maximum Gasteiger partial charge on any atom is 0.356 e. The van der Waals surface area contributed by atoms with Gasteiger partial charge in [0.05, 0.1) is 32.6 Å². The van der Waals surface area contributed by atoms with E-state index >= 15 is 0 Å². The second kappa shape index (κ2) is 4.97. The Morgan fingerprint density at radius 3 is 2.80 bits per heavy atom. The standard InChI is InChI=1S/C14H14N2O4/c1-19-10-4-2-9(3-5-10)6-16-12-8-20-7-11(12)13(15-16)14(17)18/h2-5H,6-8H2,1H3,(H,17,18). The molecule has 0 aliphatic carbocycles. The molecule has 0 bridgehead atoms. The molecule has 1 aliphatic rings. The number of carboxylic acid groups (broad SMARTS) is 1. The van der Waals surface area contributed by atoms with E-state index in [9.17, 15) is 4.79 Å². The molecule has 1 aliphatic heterocycles. The van der Waals surface area contributed by atoms with Gasteiger partial charge in [-0.05, 0) is 17.7 Å². The predicted octanol–water partition coefficient (Wildman–Crippen LogP) is 1.67. The van der Waals surface area contributed by atoms with Gasteiger partial charge in [-0.2, -0.15) is 5.10 Å². The van der Waals surface area contributed by atoms with Crippen molar-refractivity contribution >= 4 is 5.97 Å². The minimum Gasteiger partial charge on any atom is -0.497 e. The van der Waals surface area contributed by atoms with E-state index in [2.05, 4.69) is 5.10 Å². The summed E-state index contributed by atoms with van der Waals surface area (Å²) in [5.74, 6) is -0.228. The van der Waals surface area contributed by atoms with Crippen LogP contribution in [-0.4, -0.2) is 28.0 Å². The first-order valence-electron chi connectivity index (χ1n) is 6.21. The van der Waals surface area contributed by atoms with Crippen LogP contribution in [0, 0.1) is 0 Å². The highest BCUT2D eigenvalue weighted by molar-refractivity contribution is 5.87. The van der Waals surface area contributed by atoms with Crippen LogP contribution in [0.1, 0.15) is 27.3 Å². The van der Waals surface area contributed by atoms with Gasteiger partial charge >= 0.3 is 5.97 Å². The first kappa shape index (κ1) is 12.7. The van der Waals surface area contributed by atoms with Crippen molar-refractivity contribution in [2.75, 3.05) is 7.11 Å². The van der Waals surface area contributed by atoms with E-state index in [4.69, 9.17) is 14.6 Å². The molecule has 6 nitrogen and oxygen atoms in total. The molecule has 0 amide bonds. The first-order valence-corrected chi connectivity index (χ1v) is 6.21. The van der Waals surface area contributed by atoms with Gasteiger partial charge in [-0.1, -0.05) is 12.1 Å². The molecule has 1 aromatic carbocycles. The van der Waals surface area contributed by atoms with Crippen molar-refractivity contribution in [2.24, 2.45) is 0 Å². The summed E-state index contributed by atoms with van der Waals surface area (Å²) in [6.45, 7) is 1.24. The van der Waals surface area contributed by atoms with Crippen LogP contribution in [0.25, 0.3) is 0 Å². The van der Waals surface area contributed by atoms with Crippen molar-refractivity contribution < 1.29 is 19.4 Å². The topological polar surface area (TPSA) is 73.6 Å². The Hall–Kier alpha value is -2.34. The number of rotatable bonds is 4. The van der Waals surface area contributed by atoms with Gasteiger partial charge in [0.25, 0.3) is 0 Å². The van der Waals surface area contributed by atoms with Crippen LogP contribution in [0.15, 0.2) is 24.3 Å². The van der Waals surface area contributed by atoms with Gasteiger partial charge in [-0.3, -0.25) is 4.68 Å². The predicted molar refractivity (Wildman–Crippen MR) is 69.8 cm³/mol. The fourth-order valence-electron chi connectivity index (χ4n) is 2.30. The molecule has 0 spiro atoms. The molecule has 3 rings (SSSR count). The Morgan fingerprint density at radius 1 is 1.40 bits per heavy atom. The molecule has 2 heterocycles. The summed E-state index contributed by atoms with van der Waals surface area (Å²) in [5, 5.41) is 13.3. The van der Waals surface area contributed by atoms with Crippen LogP contribution in [0.3, 0.4) is 0 Å². The number of aromatic carboxylic acids is 1. The smallest absolute Gasteiger partial charge is 0.356 e. The van der Waals surface area contributed by atoms with Gasteiger partial charge < -0.3 is 14.6 Å². The zero-order valence-corrected chi connectivity index (χ0v) is 11.0. The molecule has 20 heavy (non-hydrogen) atoms. The third-order valence-electron chi connectivity index (χ3n) is 3.35. The highest BCUT2D eigenvalue weighted by atomic mass is 16.5. The van der Waals surface area contributed by atoms with Crippen molar-refractivity contribution in [1.29, 1.82) is 0 Å². The number of hydrogen-bond donors (Lipinski definition) is 1. The molecule has 0 saturated carbocycles. The molecular formula is C14H14N2O4. The lowest BCUT2D eigenvalue weighted by atomic mass is 10.2. The molecule has 0 unspecified atom stereocenters. The Balaban J connectivity index is 1.90. The number of carboxylic acids is 1. The van der Waals surface area contributed by atoms with Gasteiger partial charge in [0.15, 0.2) is 5.69 Å². The van der Waals surface area contributed by atoms with E-state index in [1.165, 1.54) is 0 Å². The lowest BCUT2D eigenvalue weighted by molar-refractivity contribution is 0.0682. The summed E-state index contributed by atoms with van der Waals surface area (Å²) < 4.78 is 12.1. The fraction of sp³-hybridized carbons (Fsp3) is 0.286. The lowest BCUT2D eigenvalue weighted by Gasteiger charge is -2.06. The molecule has 1 aromatic heterocycles. The molecular weight excluding hydrogens is 260 g/mol. The summed E-state index contributed by atoms with van der Waals surface area (Å²) in [7, 11) is 1.62. The number of aromatic nitrogens is 2. The van der Waals surface area contributed by atoms with Gasteiger partial charge in [0, 0.05) is 5.56 Å². The third kappa shape index (κ3) is 2.14. The minimum absolute atomic E-state index is 0.0889. The summed E-state index contributed by atoms with van der Waals surface area (Å²) >= 11 is 0. The van der Waals surface area contributed by atoms with Crippen LogP contribution < -0.4 is 4.74 Å². The molecule has 0 fully saturated rings.